The van der Waals surface area contributed by atoms with Crippen molar-refractivity contribution < 1.29 is 14.0 Å². The summed E-state index contributed by atoms with van der Waals surface area (Å²) in [5, 5.41) is 3.06. The van der Waals surface area contributed by atoms with Crippen LogP contribution in [-0.4, -0.2) is 29.8 Å². The van der Waals surface area contributed by atoms with E-state index in [0.717, 1.165) is 5.56 Å². The molecule has 0 bridgehead atoms. The fourth-order valence-corrected chi connectivity index (χ4v) is 2.98. The second-order valence-corrected chi connectivity index (χ2v) is 7.37. The van der Waals surface area contributed by atoms with Gasteiger partial charge in [-0.1, -0.05) is 49.2 Å². The lowest BCUT2D eigenvalue weighted by molar-refractivity contribution is -0.133. The van der Waals surface area contributed by atoms with Crippen LogP contribution in [0, 0.1) is 18.7 Å². The normalized spacial score (nSPS) is 12.0. The molecule has 2 aromatic carbocycles. The predicted octanol–water partition coefficient (Wildman–Crippen LogP) is 4.20. The molecule has 1 unspecified atom stereocenters. The highest BCUT2D eigenvalue weighted by Crippen LogP contribution is 2.21. The molecule has 2 amide bonds. The molecule has 144 valence electrons. The molecule has 2 rings (SSSR count). The molecule has 0 aliphatic heterocycles. The SMILES string of the molecule is Cc1cccc(C(=O)NC(C(=O)N(C)Cc2c(F)cccc2Cl)C(C)C)c1. The lowest BCUT2D eigenvalue weighted by atomic mass is 10.0. The number of carbonyl (C=O) groups is 2. The summed E-state index contributed by atoms with van der Waals surface area (Å²) in [5.74, 6) is -1.22. The van der Waals surface area contributed by atoms with E-state index in [1.165, 1.54) is 17.0 Å². The van der Waals surface area contributed by atoms with Gasteiger partial charge >= 0.3 is 0 Å². The first-order chi connectivity index (χ1) is 12.7. The molecule has 4 nitrogen and oxygen atoms in total. The number of rotatable bonds is 6. The Labute approximate surface area is 164 Å². The summed E-state index contributed by atoms with van der Waals surface area (Å²) in [6.45, 7) is 5.62. The van der Waals surface area contributed by atoms with E-state index in [9.17, 15) is 14.0 Å². The highest BCUT2D eigenvalue weighted by atomic mass is 35.5. The molecule has 0 aliphatic rings. The first kappa shape index (κ1) is 20.9. The highest BCUT2D eigenvalue weighted by molar-refractivity contribution is 6.31. The highest BCUT2D eigenvalue weighted by Gasteiger charge is 2.28. The molecule has 1 N–H and O–H groups in total. The Morgan fingerprint density at radius 3 is 2.44 bits per heavy atom. The smallest absolute Gasteiger partial charge is 0.251 e. The second kappa shape index (κ2) is 9.00. The van der Waals surface area contributed by atoms with Crippen molar-refractivity contribution in [3.8, 4) is 0 Å². The van der Waals surface area contributed by atoms with Gasteiger partial charge in [0, 0.05) is 29.7 Å². The topological polar surface area (TPSA) is 49.4 Å². The van der Waals surface area contributed by atoms with E-state index in [-0.39, 0.29) is 34.9 Å². The van der Waals surface area contributed by atoms with E-state index in [4.69, 9.17) is 11.6 Å². The number of hydrogen-bond donors (Lipinski definition) is 1. The molecule has 2 aromatic rings. The first-order valence-corrected chi connectivity index (χ1v) is 9.14. The summed E-state index contributed by atoms with van der Waals surface area (Å²) < 4.78 is 14.0. The van der Waals surface area contributed by atoms with Crippen LogP contribution in [0.4, 0.5) is 4.39 Å². The van der Waals surface area contributed by atoms with Gasteiger partial charge in [0.15, 0.2) is 0 Å². The van der Waals surface area contributed by atoms with Gasteiger partial charge in [-0.2, -0.15) is 0 Å². The van der Waals surface area contributed by atoms with Crippen molar-refractivity contribution >= 4 is 23.4 Å². The molecular weight excluding hydrogens is 367 g/mol. The number of nitrogens with one attached hydrogen (secondary N) is 1. The Kier molecular flexibility index (Phi) is 6.97. The van der Waals surface area contributed by atoms with Gasteiger partial charge in [-0.15, -0.1) is 0 Å². The Morgan fingerprint density at radius 1 is 1.19 bits per heavy atom. The van der Waals surface area contributed by atoms with Gasteiger partial charge in [0.2, 0.25) is 5.91 Å². The lowest BCUT2D eigenvalue weighted by Gasteiger charge is -2.27. The van der Waals surface area contributed by atoms with E-state index < -0.39 is 11.9 Å². The van der Waals surface area contributed by atoms with Crippen molar-refractivity contribution in [2.24, 2.45) is 5.92 Å². The molecule has 6 heteroatoms. The minimum Gasteiger partial charge on any atom is -0.340 e. The number of nitrogens with zero attached hydrogens (tertiary/aromatic N) is 1. The molecule has 0 fully saturated rings. The number of hydrogen-bond acceptors (Lipinski definition) is 2. The molecule has 1 atom stereocenters. The Bertz CT molecular complexity index is 818. The summed E-state index contributed by atoms with van der Waals surface area (Å²) in [6, 6.07) is 10.8. The largest absolute Gasteiger partial charge is 0.340 e. The molecule has 27 heavy (non-hydrogen) atoms. The molecule has 0 radical (unpaired) electrons. The van der Waals surface area contributed by atoms with Crippen LogP contribution < -0.4 is 5.32 Å². The molecule has 0 aromatic heterocycles. The van der Waals surface area contributed by atoms with Gasteiger partial charge in [-0.3, -0.25) is 9.59 Å². The third kappa shape index (κ3) is 5.30. The van der Waals surface area contributed by atoms with Crippen LogP contribution in [0.15, 0.2) is 42.5 Å². The zero-order valence-electron chi connectivity index (χ0n) is 15.9. The summed E-state index contributed by atoms with van der Waals surface area (Å²) in [4.78, 5) is 26.8. The molecular formula is C21H24ClFN2O2. The average molecular weight is 391 g/mol. The number of carbonyl (C=O) groups excluding carboxylic acids is 2. The van der Waals surface area contributed by atoms with E-state index >= 15 is 0 Å². The molecule has 0 saturated carbocycles. The fraction of sp³-hybridized carbons (Fsp3) is 0.333. The van der Waals surface area contributed by atoms with Crippen molar-refractivity contribution in [2.45, 2.75) is 33.4 Å². The third-order valence-electron chi connectivity index (χ3n) is 4.33. The minimum absolute atomic E-state index is 0.0217. The standard InChI is InChI=1S/C21H24ClFN2O2/c1-13(2)19(24-20(26)15-8-5-7-14(3)11-15)21(27)25(4)12-16-17(22)9-6-10-18(16)23/h5-11,13,19H,12H2,1-4H3,(H,24,26). The van der Waals surface area contributed by atoms with Gasteiger partial charge in [-0.05, 0) is 37.1 Å². The van der Waals surface area contributed by atoms with Crippen LogP contribution in [0.1, 0.15) is 35.3 Å². The number of aryl methyl sites for hydroxylation is 1. The Hall–Kier alpha value is -2.40. The molecule has 0 saturated heterocycles. The maximum atomic E-state index is 14.0. The van der Waals surface area contributed by atoms with E-state index in [0.29, 0.717) is 5.56 Å². The summed E-state index contributed by atoms with van der Waals surface area (Å²) in [6.07, 6.45) is 0. The number of likely N-dealkylation sites (N-methyl/N-ethyl adjacent to an activating group) is 1. The molecule has 0 spiro atoms. The van der Waals surface area contributed by atoms with E-state index in [1.54, 1.807) is 31.3 Å². The predicted molar refractivity (Wildman–Crippen MR) is 105 cm³/mol. The van der Waals surface area contributed by atoms with Gasteiger partial charge in [0.25, 0.3) is 5.91 Å². The Balaban J connectivity index is 2.15. The van der Waals surface area contributed by atoms with Gasteiger partial charge in [-0.25, -0.2) is 4.39 Å². The zero-order valence-corrected chi connectivity index (χ0v) is 16.7. The Morgan fingerprint density at radius 2 is 1.85 bits per heavy atom. The minimum atomic E-state index is -0.728. The van der Waals surface area contributed by atoms with Crippen LogP contribution in [0.2, 0.25) is 5.02 Å². The zero-order chi connectivity index (χ0) is 20.1. The van der Waals surface area contributed by atoms with Crippen molar-refractivity contribution in [1.82, 2.24) is 10.2 Å². The summed E-state index contributed by atoms with van der Waals surface area (Å²) in [5.41, 5.74) is 1.71. The number of benzene rings is 2. The maximum absolute atomic E-state index is 14.0. The summed E-state index contributed by atoms with van der Waals surface area (Å²) >= 11 is 6.05. The van der Waals surface area contributed by atoms with Crippen molar-refractivity contribution in [3.63, 3.8) is 0 Å². The monoisotopic (exact) mass is 390 g/mol. The van der Waals surface area contributed by atoms with E-state index in [2.05, 4.69) is 5.32 Å². The van der Waals surface area contributed by atoms with Crippen molar-refractivity contribution in [2.75, 3.05) is 7.05 Å². The van der Waals surface area contributed by atoms with Crippen LogP contribution in [0.3, 0.4) is 0 Å². The molecule has 0 aliphatic carbocycles. The van der Waals surface area contributed by atoms with Gasteiger partial charge < -0.3 is 10.2 Å². The van der Waals surface area contributed by atoms with Crippen LogP contribution in [-0.2, 0) is 11.3 Å². The van der Waals surface area contributed by atoms with Crippen LogP contribution in [0.25, 0.3) is 0 Å². The second-order valence-electron chi connectivity index (χ2n) is 6.96. The maximum Gasteiger partial charge on any atom is 0.251 e. The summed E-state index contributed by atoms with van der Waals surface area (Å²) in [7, 11) is 1.57. The number of halogens is 2. The van der Waals surface area contributed by atoms with E-state index in [1.807, 2.05) is 26.8 Å². The number of amides is 2. The van der Waals surface area contributed by atoms with Crippen molar-refractivity contribution in [1.29, 1.82) is 0 Å². The van der Waals surface area contributed by atoms with Crippen LogP contribution in [0.5, 0.6) is 0 Å². The van der Waals surface area contributed by atoms with Gasteiger partial charge in [0.1, 0.15) is 11.9 Å². The lowest BCUT2D eigenvalue weighted by Crippen LogP contribution is -2.50. The van der Waals surface area contributed by atoms with Crippen LogP contribution >= 0.6 is 11.6 Å². The quantitative estimate of drug-likeness (QED) is 0.803. The van der Waals surface area contributed by atoms with Crippen molar-refractivity contribution in [3.05, 3.63) is 70.0 Å². The third-order valence-corrected chi connectivity index (χ3v) is 4.69. The fourth-order valence-electron chi connectivity index (χ4n) is 2.76. The average Bonchev–Trinajstić information content (AvgIpc) is 2.61. The first-order valence-electron chi connectivity index (χ1n) is 8.76. The van der Waals surface area contributed by atoms with Gasteiger partial charge in [0.05, 0.1) is 0 Å². The molecule has 0 heterocycles.